The number of ether oxygens (including phenoxy) is 1. The van der Waals surface area contributed by atoms with Gasteiger partial charge in [0, 0.05) is 19.2 Å². The molecule has 0 N–H and O–H groups in total. The maximum atomic E-state index is 12.3. The minimum atomic E-state index is -1.09. The maximum Gasteiger partial charge on any atom is 0.263 e. The van der Waals surface area contributed by atoms with Crippen LogP contribution in [0.15, 0.2) is 33.8 Å². The number of aromatic nitrogens is 2. The molecule has 6 heteroatoms. The fourth-order valence-electron chi connectivity index (χ4n) is 1.76. The summed E-state index contributed by atoms with van der Waals surface area (Å²) in [6.07, 6.45) is 1.55. The molecule has 2 aromatic rings. The van der Waals surface area contributed by atoms with Gasteiger partial charge in [0.15, 0.2) is 0 Å². The second-order valence-corrected chi connectivity index (χ2v) is 12.6. The second kappa shape index (κ2) is 6.20. The number of hydrogen-bond donors (Lipinski definition) is 0. The first-order valence-corrected chi connectivity index (χ1v) is 11.1. The molecular formula is C14H19BrN2O2Si. The van der Waals surface area contributed by atoms with E-state index in [1.54, 1.807) is 12.4 Å². The zero-order chi connectivity index (χ0) is 14.8. The highest BCUT2D eigenvalue weighted by Gasteiger charge is 2.12. The molecule has 0 saturated heterocycles. The first kappa shape index (κ1) is 15.4. The zero-order valence-electron chi connectivity index (χ0n) is 12.0. The number of hydrogen-bond acceptors (Lipinski definition) is 3. The first-order chi connectivity index (χ1) is 9.37. The Bertz CT molecular complexity index is 664. The lowest BCUT2D eigenvalue weighted by atomic mass is 10.2. The van der Waals surface area contributed by atoms with Crippen LogP contribution in [0.1, 0.15) is 0 Å². The third-order valence-electron chi connectivity index (χ3n) is 3.01. The van der Waals surface area contributed by atoms with Crippen molar-refractivity contribution in [1.29, 1.82) is 0 Å². The molecule has 0 aliphatic rings. The minimum absolute atomic E-state index is 0.0597. The van der Waals surface area contributed by atoms with Gasteiger partial charge in [0.25, 0.3) is 5.56 Å². The van der Waals surface area contributed by atoms with Crippen LogP contribution in [0.25, 0.3) is 10.9 Å². The molecule has 20 heavy (non-hydrogen) atoms. The van der Waals surface area contributed by atoms with Crippen LogP contribution in [0, 0.1) is 0 Å². The predicted octanol–water partition coefficient (Wildman–Crippen LogP) is 3.47. The van der Waals surface area contributed by atoms with Crippen LogP contribution in [0.2, 0.25) is 25.7 Å². The van der Waals surface area contributed by atoms with Gasteiger partial charge in [-0.15, -0.1) is 0 Å². The minimum Gasteiger partial charge on any atom is -0.361 e. The summed E-state index contributed by atoms with van der Waals surface area (Å²) in [6.45, 7) is 7.87. The molecule has 1 aromatic carbocycles. The van der Waals surface area contributed by atoms with Crippen molar-refractivity contribution in [1.82, 2.24) is 9.55 Å². The Morgan fingerprint density at radius 3 is 2.80 bits per heavy atom. The van der Waals surface area contributed by atoms with Crippen LogP contribution in [0.4, 0.5) is 0 Å². The molecule has 0 spiro atoms. The summed E-state index contributed by atoms with van der Waals surface area (Å²) in [5.41, 5.74) is 0.637. The van der Waals surface area contributed by atoms with E-state index in [2.05, 4.69) is 40.6 Å². The van der Waals surface area contributed by atoms with Crippen LogP contribution < -0.4 is 5.56 Å². The summed E-state index contributed by atoms with van der Waals surface area (Å²) < 4.78 is 8.03. The molecular weight excluding hydrogens is 336 g/mol. The van der Waals surface area contributed by atoms with Gasteiger partial charge in [0.2, 0.25) is 0 Å². The number of fused-ring (bicyclic) bond motifs is 1. The van der Waals surface area contributed by atoms with E-state index < -0.39 is 8.07 Å². The van der Waals surface area contributed by atoms with Gasteiger partial charge in [-0.25, -0.2) is 4.98 Å². The fourth-order valence-corrected chi connectivity index (χ4v) is 2.87. The molecule has 2 rings (SSSR count). The SMILES string of the molecule is C[Si](C)(C)CCOCn1cnc2cc(Br)ccc2c1=O. The van der Waals surface area contributed by atoms with E-state index in [0.717, 1.165) is 10.5 Å². The van der Waals surface area contributed by atoms with Gasteiger partial charge < -0.3 is 4.74 Å². The van der Waals surface area contributed by atoms with Crippen molar-refractivity contribution in [2.75, 3.05) is 6.61 Å². The van der Waals surface area contributed by atoms with E-state index in [1.807, 2.05) is 12.1 Å². The summed E-state index contributed by atoms with van der Waals surface area (Å²) in [5.74, 6) is 0. The first-order valence-electron chi connectivity index (χ1n) is 6.59. The van der Waals surface area contributed by atoms with Crippen molar-refractivity contribution >= 4 is 34.9 Å². The summed E-state index contributed by atoms with van der Waals surface area (Å²) in [4.78, 5) is 16.6. The Balaban J connectivity index is 2.10. The van der Waals surface area contributed by atoms with Crippen LogP contribution in [0.5, 0.6) is 0 Å². The number of benzene rings is 1. The van der Waals surface area contributed by atoms with Crippen molar-refractivity contribution in [3.63, 3.8) is 0 Å². The topological polar surface area (TPSA) is 44.1 Å². The lowest BCUT2D eigenvalue weighted by Crippen LogP contribution is -2.25. The summed E-state index contributed by atoms with van der Waals surface area (Å²) in [5, 5.41) is 0.615. The van der Waals surface area contributed by atoms with E-state index in [9.17, 15) is 4.79 Å². The lowest BCUT2D eigenvalue weighted by Gasteiger charge is -2.15. The normalized spacial score (nSPS) is 12.0. The molecule has 0 aliphatic heterocycles. The van der Waals surface area contributed by atoms with Gasteiger partial charge >= 0.3 is 0 Å². The molecule has 0 saturated carbocycles. The highest BCUT2D eigenvalue weighted by molar-refractivity contribution is 9.10. The lowest BCUT2D eigenvalue weighted by molar-refractivity contribution is 0.0844. The molecule has 0 aliphatic carbocycles. The number of nitrogens with zero attached hydrogens (tertiary/aromatic N) is 2. The largest absolute Gasteiger partial charge is 0.361 e. The maximum absolute atomic E-state index is 12.3. The van der Waals surface area contributed by atoms with E-state index in [1.165, 1.54) is 4.57 Å². The quantitative estimate of drug-likeness (QED) is 0.609. The van der Waals surface area contributed by atoms with E-state index in [4.69, 9.17) is 4.74 Å². The van der Waals surface area contributed by atoms with Crippen LogP contribution in [0.3, 0.4) is 0 Å². The molecule has 4 nitrogen and oxygen atoms in total. The van der Waals surface area contributed by atoms with Gasteiger partial charge in [-0.1, -0.05) is 35.6 Å². The zero-order valence-corrected chi connectivity index (χ0v) is 14.6. The van der Waals surface area contributed by atoms with Crippen molar-refractivity contribution in [3.8, 4) is 0 Å². The number of halogens is 1. The Kier molecular flexibility index (Phi) is 4.77. The average molecular weight is 355 g/mol. The fraction of sp³-hybridized carbons (Fsp3) is 0.429. The van der Waals surface area contributed by atoms with Crippen LogP contribution >= 0.6 is 15.9 Å². The molecule has 0 amide bonds. The molecule has 0 radical (unpaired) electrons. The molecule has 0 atom stereocenters. The van der Waals surface area contributed by atoms with E-state index in [-0.39, 0.29) is 12.3 Å². The summed E-state index contributed by atoms with van der Waals surface area (Å²) in [6, 6.07) is 6.57. The molecule has 1 aromatic heterocycles. The van der Waals surface area contributed by atoms with Crippen LogP contribution in [-0.4, -0.2) is 24.2 Å². The van der Waals surface area contributed by atoms with Crippen molar-refractivity contribution in [2.24, 2.45) is 0 Å². The van der Waals surface area contributed by atoms with Gasteiger partial charge in [0.1, 0.15) is 13.1 Å². The molecule has 1 heterocycles. The molecule has 108 valence electrons. The Labute approximate surface area is 127 Å². The Morgan fingerprint density at radius 1 is 1.35 bits per heavy atom. The highest BCUT2D eigenvalue weighted by atomic mass is 79.9. The third-order valence-corrected chi connectivity index (χ3v) is 5.21. The van der Waals surface area contributed by atoms with Gasteiger partial charge in [-0.2, -0.15) is 0 Å². The van der Waals surface area contributed by atoms with Crippen molar-refractivity contribution in [3.05, 3.63) is 39.4 Å². The number of rotatable bonds is 5. The van der Waals surface area contributed by atoms with E-state index >= 15 is 0 Å². The monoisotopic (exact) mass is 354 g/mol. The summed E-state index contributed by atoms with van der Waals surface area (Å²) >= 11 is 3.38. The van der Waals surface area contributed by atoms with Crippen LogP contribution in [-0.2, 0) is 11.5 Å². The predicted molar refractivity (Wildman–Crippen MR) is 87.8 cm³/mol. The van der Waals surface area contributed by atoms with Crippen molar-refractivity contribution < 1.29 is 4.74 Å². The highest BCUT2D eigenvalue weighted by Crippen LogP contribution is 2.15. The average Bonchev–Trinajstić information content (AvgIpc) is 2.35. The molecule has 0 bridgehead atoms. The smallest absolute Gasteiger partial charge is 0.263 e. The summed E-state index contributed by atoms with van der Waals surface area (Å²) in [7, 11) is -1.09. The standard InChI is InChI=1S/C14H19BrN2O2Si/c1-20(2,3)7-6-19-10-17-9-16-13-8-11(15)4-5-12(13)14(17)18/h4-5,8-9H,6-7,10H2,1-3H3. The third kappa shape index (κ3) is 4.00. The van der Waals surface area contributed by atoms with E-state index in [0.29, 0.717) is 17.5 Å². The van der Waals surface area contributed by atoms with Gasteiger partial charge in [-0.3, -0.25) is 9.36 Å². The second-order valence-electron chi connectivity index (χ2n) is 6.03. The van der Waals surface area contributed by atoms with Gasteiger partial charge in [0.05, 0.1) is 10.9 Å². The van der Waals surface area contributed by atoms with Crippen molar-refractivity contribution in [2.45, 2.75) is 32.4 Å². The molecule has 0 fully saturated rings. The Hall–Kier alpha value is -0.983. The van der Waals surface area contributed by atoms with Gasteiger partial charge in [-0.05, 0) is 24.2 Å². The Morgan fingerprint density at radius 2 is 2.10 bits per heavy atom. The molecule has 0 unspecified atom stereocenters.